The van der Waals surface area contributed by atoms with E-state index in [1.54, 1.807) is 37.5 Å². The molecule has 2 aromatic carbocycles. The molecule has 1 aliphatic rings. The zero-order chi connectivity index (χ0) is 23.5. The van der Waals surface area contributed by atoms with Gasteiger partial charge in [-0.05, 0) is 67.6 Å². The van der Waals surface area contributed by atoms with E-state index in [0.717, 1.165) is 45.1 Å². The van der Waals surface area contributed by atoms with Gasteiger partial charge in [0.05, 0.1) is 12.0 Å². The van der Waals surface area contributed by atoms with Crippen molar-refractivity contribution in [3.8, 4) is 11.4 Å². The van der Waals surface area contributed by atoms with Gasteiger partial charge in [-0.3, -0.25) is 19.3 Å². The Balaban J connectivity index is 1.54. The number of nitrogens with zero attached hydrogens (tertiary/aromatic N) is 2. The highest BCUT2D eigenvalue weighted by Crippen LogP contribution is 2.34. The first-order valence-corrected chi connectivity index (χ1v) is 11.1. The summed E-state index contributed by atoms with van der Waals surface area (Å²) in [6, 6.07) is 18.6. The highest BCUT2D eigenvalue weighted by molar-refractivity contribution is 8.18. The number of imide groups is 1. The number of anilines is 1. The zero-order valence-corrected chi connectivity index (χ0v) is 19.3. The van der Waals surface area contributed by atoms with E-state index < -0.39 is 17.1 Å². The summed E-state index contributed by atoms with van der Waals surface area (Å²) in [7, 11) is 1.62. The fourth-order valence-electron chi connectivity index (χ4n) is 3.72. The largest absolute Gasteiger partial charge is 0.497 e. The summed E-state index contributed by atoms with van der Waals surface area (Å²) in [5.41, 5.74) is 4.28. The molecule has 1 aromatic heterocycles. The van der Waals surface area contributed by atoms with E-state index in [-0.39, 0.29) is 6.54 Å². The quantitative estimate of drug-likeness (QED) is 0.535. The standard InChI is InChI=1S/C25H23N3O4S/c1-16-12-18(17(2)28(16)20-10-7-11-21(14-20)32-3)13-22-24(30)27(25(31)33-22)15-23(29)26-19-8-5-4-6-9-19/h4-14H,15H2,1-3H3,(H,26,29)/b22-13-. The average Bonchev–Trinajstić information content (AvgIpc) is 3.23. The van der Waals surface area contributed by atoms with Crippen molar-refractivity contribution in [1.82, 2.24) is 9.47 Å². The molecule has 0 bridgehead atoms. The molecule has 2 heterocycles. The van der Waals surface area contributed by atoms with Gasteiger partial charge in [-0.2, -0.15) is 0 Å². The van der Waals surface area contributed by atoms with Crippen molar-refractivity contribution < 1.29 is 19.1 Å². The van der Waals surface area contributed by atoms with Gasteiger partial charge in [0.1, 0.15) is 12.3 Å². The molecule has 7 nitrogen and oxygen atoms in total. The van der Waals surface area contributed by atoms with Crippen LogP contribution in [0.5, 0.6) is 5.75 Å². The SMILES string of the molecule is COc1cccc(-n2c(C)cc(/C=C3\SC(=O)N(CC(=O)Nc4ccccc4)C3=O)c2C)c1. The average molecular weight is 462 g/mol. The lowest BCUT2D eigenvalue weighted by Gasteiger charge is -2.12. The fraction of sp³-hybridized carbons (Fsp3) is 0.160. The number of carbonyl (C=O) groups excluding carboxylic acids is 3. The number of rotatable bonds is 6. The van der Waals surface area contributed by atoms with E-state index in [9.17, 15) is 14.4 Å². The minimum Gasteiger partial charge on any atom is -0.497 e. The van der Waals surface area contributed by atoms with Crippen molar-refractivity contribution in [3.63, 3.8) is 0 Å². The number of ether oxygens (including phenoxy) is 1. The van der Waals surface area contributed by atoms with Gasteiger partial charge in [-0.1, -0.05) is 24.3 Å². The Labute approximate surface area is 196 Å². The number of para-hydroxylation sites is 1. The van der Waals surface area contributed by atoms with E-state index in [1.807, 2.05) is 50.2 Å². The number of nitrogens with one attached hydrogen (secondary N) is 1. The van der Waals surface area contributed by atoms with E-state index in [1.165, 1.54) is 0 Å². The van der Waals surface area contributed by atoms with Crippen molar-refractivity contribution in [2.75, 3.05) is 19.0 Å². The van der Waals surface area contributed by atoms with Crippen LogP contribution in [0.1, 0.15) is 17.0 Å². The van der Waals surface area contributed by atoms with Crippen molar-refractivity contribution >= 4 is 40.6 Å². The van der Waals surface area contributed by atoms with Gasteiger partial charge >= 0.3 is 0 Å². The summed E-state index contributed by atoms with van der Waals surface area (Å²) >= 11 is 0.840. The Morgan fingerprint density at radius 3 is 2.55 bits per heavy atom. The smallest absolute Gasteiger partial charge is 0.294 e. The van der Waals surface area contributed by atoms with Crippen LogP contribution in [0, 0.1) is 13.8 Å². The van der Waals surface area contributed by atoms with E-state index in [2.05, 4.69) is 9.88 Å². The first-order chi connectivity index (χ1) is 15.9. The molecule has 3 aromatic rings. The minimum absolute atomic E-state index is 0.290. The van der Waals surface area contributed by atoms with Crippen molar-refractivity contribution in [3.05, 3.63) is 82.5 Å². The summed E-state index contributed by atoms with van der Waals surface area (Å²) in [6.45, 7) is 3.60. The molecule has 1 N–H and O–H groups in total. The molecule has 1 fully saturated rings. The Hall–Kier alpha value is -3.78. The molecule has 3 amide bonds. The number of aromatic nitrogens is 1. The molecule has 1 aliphatic heterocycles. The van der Waals surface area contributed by atoms with Gasteiger partial charge < -0.3 is 14.6 Å². The molecule has 0 saturated carbocycles. The predicted octanol–water partition coefficient (Wildman–Crippen LogP) is 4.78. The minimum atomic E-state index is -0.473. The molecule has 0 aliphatic carbocycles. The predicted molar refractivity (Wildman–Crippen MR) is 130 cm³/mol. The Morgan fingerprint density at radius 1 is 1.06 bits per heavy atom. The monoisotopic (exact) mass is 461 g/mol. The van der Waals surface area contributed by atoms with Crippen molar-refractivity contribution in [1.29, 1.82) is 0 Å². The zero-order valence-electron chi connectivity index (χ0n) is 18.5. The van der Waals surface area contributed by atoms with Crippen molar-refractivity contribution in [2.24, 2.45) is 0 Å². The molecule has 0 unspecified atom stereocenters. The first kappa shape index (κ1) is 22.4. The number of aryl methyl sites for hydroxylation is 1. The normalized spacial score (nSPS) is 14.8. The summed E-state index contributed by atoms with van der Waals surface area (Å²) in [5.74, 6) is -0.156. The van der Waals surface area contributed by atoms with Crippen molar-refractivity contribution in [2.45, 2.75) is 13.8 Å². The number of hydrogen-bond donors (Lipinski definition) is 1. The third-order valence-corrected chi connectivity index (χ3v) is 6.21. The Morgan fingerprint density at radius 2 is 1.82 bits per heavy atom. The van der Waals surface area contributed by atoms with E-state index in [4.69, 9.17) is 4.74 Å². The summed E-state index contributed by atoms with van der Waals surface area (Å²) < 4.78 is 7.39. The second-order valence-electron chi connectivity index (χ2n) is 7.55. The Bertz CT molecular complexity index is 1260. The highest BCUT2D eigenvalue weighted by Gasteiger charge is 2.36. The van der Waals surface area contributed by atoms with Crippen LogP contribution < -0.4 is 10.1 Å². The van der Waals surface area contributed by atoms with Crippen LogP contribution in [-0.2, 0) is 9.59 Å². The maximum atomic E-state index is 12.9. The molecule has 0 atom stereocenters. The highest BCUT2D eigenvalue weighted by atomic mass is 32.2. The molecule has 0 spiro atoms. The summed E-state index contributed by atoms with van der Waals surface area (Å²) in [4.78, 5) is 38.9. The number of methoxy groups -OCH3 is 1. The second kappa shape index (κ2) is 9.38. The third-order valence-electron chi connectivity index (χ3n) is 5.30. The number of carbonyl (C=O) groups is 3. The van der Waals surface area contributed by atoms with Gasteiger partial charge in [0.25, 0.3) is 11.1 Å². The van der Waals surface area contributed by atoms with Crippen LogP contribution in [0.4, 0.5) is 10.5 Å². The molecular weight excluding hydrogens is 438 g/mol. The lowest BCUT2D eigenvalue weighted by Crippen LogP contribution is -2.36. The summed E-state index contributed by atoms with van der Waals surface area (Å²) in [6.07, 6.45) is 1.71. The molecular formula is C25H23N3O4S. The van der Waals surface area contributed by atoms with Crippen LogP contribution in [0.25, 0.3) is 11.8 Å². The maximum absolute atomic E-state index is 12.9. The lowest BCUT2D eigenvalue weighted by atomic mass is 10.2. The van der Waals surface area contributed by atoms with E-state index in [0.29, 0.717) is 10.6 Å². The molecule has 0 radical (unpaired) electrons. The molecule has 168 valence electrons. The van der Waals surface area contributed by atoms with Gasteiger partial charge in [-0.15, -0.1) is 0 Å². The van der Waals surface area contributed by atoms with Gasteiger partial charge in [0, 0.05) is 28.8 Å². The maximum Gasteiger partial charge on any atom is 0.294 e. The number of hydrogen-bond acceptors (Lipinski definition) is 5. The van der Waals surface area contributed by atoms with Gasteiger partial charge in [0.2, 0.25) is 5.91 Å². The molecule has 1 saturated heterocycles. The number of amides is 3. The summed E-state index contributed by atoms with van der Waals surface area (Å²) in [5, 5.41) is 2.23. The Kier molecular flexibility index (Phi) is 6.37. The lowest BCUT2D eigenvalue weighted by molar-refractivity contribution is -0.127. The van der Waals surface area contributed by atoms with Crippen LogP contribution >= 0.6 is 11.8 Å². The fourth-order valence-corrected chi connectivity index (χ4v) is 4.55. The van der Waals surface area contributed by atoms with Crippen LogP contribution in [0.15, 0.2) is 65.6 Å². The van der Waals surface area contributed by atoms with Gasteiger partial charge in [0.15, 0.2) is 0 Å². The topological polar surface area (TPSA) is 80.6 Å². The molecule has 8 heteroatoms. The second-order valence-corrected chi connectivity index (χ2v) is 8.54. The first-order valence-electron chi connectivity index (χ1n) is 10.3. The van der Waals surface area contributed by atoms with Crippen LogP contribution in [0.3, 0.4) is 0 Å². The van der Waals surface area contributed by atoms with Crippen LogP contribution in [0.2, 0.25) is 0 Å². The third kappa shape index (κ3) is 4.70. The van der Waals surface area contributed by atoms with Crippen LogP contribution in [-0.4, -0.2) is 40.2 Å². The van der Waals surface area contributed by atoms with Gasteiger partial charge in [-0.25, -0.2) is 0 Å². The molecule has 4 rings (SSSR count). The molecule has 33 heavy (non-hydrogen) atoms. The number of benzene rings is 2. The number of thioether (sulfide) groups is 1. The van der Waals surface area contributed by atoms with E-state index >= 15 is 0 Å².